The molecule has 4 heteroatoms. The number of hydrogen-bond acceptors (Lipinski definition) is 3. The zero-order valence-electron chi connectivity index (χ0n) is 46.0. The fourth-order valence-corrected chi connectivity index (χ4v) is 1.54. The summed E-state index contributed by atoms with van der Waals surface area (Å²) in [4.78, 5) is 9.44. The van der Waals surface area contributed by atoms with Crippen LogP contribution < -0.4 is 0 Å². The number of Topliss-reactive ketones (excluding diaryl/α,β-unsaturated/α-hetero) is 1. The van der Waals surface area contributed by atoms with Gasteiger partial charge in [-0.25, -0.2) is 8.42 Å². The third-order valence-electron chi connectivity index (χ3n) is 2.67. The van der Waals surface area contributed by atoms with Crippen molar-refractivity contribution in [3.05, 3.63) is 146 Å². The molecule has 0 aliphatic carbocycles. The van der Waals surface area contributed by atoms with Crippen LogP contribution in [0.4, 0.5) is 0 Å². The highest BCUT2D eigenvalue weighted by Crippen LogP contribution is 2.09. The van der Waals surface area contributed by atoms with Gasteiger partial charge in [0.05, 0.1) is 0 Å². The fraction of sp³-hybridized carbons (Fsp3) is 0.561. The number of rotatable bonds is 0. The van der Waals surface area contributed by atoms with Gasteiger partial charge < -0.3 is 4.79 Å². The van der Waals surface area contributed by atoms with Gasteiger partial charge in [0.15, 0.2) is 0 Å². The topological polar surface area (TPSA) is 51.2 Å². The second-order valence-corrected chi connectivity index (χ2v) is 21.0. The van der Waals surface area contributed by atoms with E-state index in [1.165, 1.54) is 13.8 Å². The fourth-order valence-electron chi connectivity index (χ4n) is 1.54. The Labute approximate surface area is 387 Å². The lowest BCUT2D eigenvalue weighted by Crippen LogP contribution is -1.93. The second kappa shape index (κ2) is 60.8. The molecule has 0 saturated heterocycles. The van der Waals surface area contributed by atoms with Crippen LogP contribution in [0.2, 0.25) is 0 Å². The molecule has 0 bridgehead atoms. The van der Waals surface area contributed by atoms with Gasteiger partial charge in [0.1, 0.15) is 15.6 Å². The normalized spacial score (nSPS) is 8.85. The standard InChI is InChI=1S/4C6H6.4C5H12.C3H6O.C2H6O2S.4C2H6/c4*1-2-4-6-5-3-1;4*1-5(2,3)4;1-3(2)4;1-5(2,3)4;4*1-2/h4*1-6H;4*1-4H3;1-2H3;1-2H3;4*1-2H3. The molecule has 0 unspecified atom stereocenters. The lowest BCUT2D eigenvalue weighted by atomic mass is 10.0. The van der Waals surface area contributed by atoms with Gasteiger partial charge >= 0.3 is 0 Å². The number of benzene rings is 4. The number of hydrogen-bond donors (Lipinski definition) is 0. The summed E-state index contributed by atoms with van der Waals surface area (Å²) in [6.45, 7) is 54.1. The third-order valence-corrected chi connectivity index (χ3v) is 2.67. The Bertz CT molecular complexity index is 992. The smallest absolute Gasteiger partial charge is 0.144 e. The van der Waals surface area contributed by atoms with Crippen molar-refractivity contribution in [1.82, 2.24) is 0 Å². The first-order chi connectivity index (χ1) is 27.7. The SMILES string of the molecule is CC.CC.CC.CC.CC(C)(C)C.CC(C)(C)C.CC(C)(C)C.CC(C)(C)C.CC(C)=O.CS(C)(=O)=O.c1ccccc1.c1ccccc1.c1ccccc1.c1ccccc1. The molecule has 4 aromatic rings. The average Bonchev–Trinajstić information content (AvgIpc) is 3.15. The van der Waals surface area contributed by atoms with Crippen molar-refractivity contribution in [3.63, 3.8) is 0 Å². The van der Waals surface area contributed by atoms with Gasteiger partial charge in [-0.2, -0.15) is 0 Å². The zero-order valence-corrected chi connectivity index (χ0v) is 46.8. The van der Waals surface area contributed by atoms with Gasteiger partial charge in [-0.3, -0.25) is 0 Å². The number of carbonyl (C=O) groups is 1. The van der Waals surface area contributed by atoms with Gasteiger partial charge in [0.2, 0.25) is 0 Å². The van der Waals surface area contributed by atoms with E-state index in [-0.39, 0.29) is 5.78 Å². The summed E-state index contributed by atoms with van der Waals surface area (Å²) in [6, 6.07) is 48.0. The minimum atomic E-state index is -2.67. The maximum absolute atomic E-state index is 9.63. The first-order valence-electron chi connectivity index (χ1n) is 22.4. The van der Waals surface area contributed by atoms with E-state index in [9.17, 15) is 13.2 Å². The van der Waals surface area contributed by atoms with Crippen molar-refractivity contribution in [1.29, 1.82) is 0 Å². The number of carbonyl (C=O) groups excluding carboxylic acids is 1. The molecule has 0 saturated carbocycles. The van der Waals surface area contributed by atoms with Crippen molar-refractivity contribution in [2.24, 2.45) is 21.7 Å². The van der Waals surface area contributed by atoms with Gasteiger partial charge in [-0.1, -0.05) is 312 Å². The number of ketones is 1. The Balaban J connectivity index is -0.0000000583. The highest BCUT2D eigenvalue weighted by atomic mass is 32.2. The first-order valence-corrected chi connectivity index (χ1v) is 24.7. The van der Waals surface area contributed by atoms with Gasteiger partial charge in [0.25, 0.3) is 0 Å². The van der Waals surface area contributed by atoms with Crippen LogP contribution in [0.15, 0.2) is 146 Å². The molecule has 0 amide bonds. The first kappa shape index (κ1) is 81.4. The van der Waals surface area contributed by atoms with Crippen LogP contribution in [-0.2, 0) is 14.6 Å². The lowest BCUT2D eigenvalue weighted by molar-refractivity contribution is -0.115. The van der Waals surface area contributed by atoms with Crippen molar-refractivity contribution in [2.45, 2.75) is 180 Å². The molecule has 0 aliphatic heterocycles. The minimum Gasteiger partial charge on any atom is -0.300 e. The molecule has 0 fully saturated rings. The molecule has 0 heterocycles. The summed E-state index contributed by atoms with van der Waals surface area (Å²) >= 11 is 0. The van der Waals surface area contributed by atoms with E-state index in [4.69, 9.17) is 0 Å². The predicted molar refractivity (Wildman–Crippen MR) is 289 cm³/mol. The maximum Gasteiger partial charge on any atom is 0.144 e. The molecule has 0 atom stereocenters. The summed E-state index contributed by atoms with van der Waals surface area (Å²) in [6.07, 6.45) is 2.32. The Morgan fingerprint density at radius 3 is 0.295 bits per heavy atom. The van der Waals surface area contributed by atoms with Crippen LogP contribution >= 0.6 is 0 Å². The predicted octanol–water partition coefficient (Wildman–Crippen LogP) is 19.3. The molecular weight excluding hydrogens is 765 g/mol. The van der Waals surface area contributed by atoms with E-state index in [0.717, 1.165) is 12.5 Å². The minimum absolute atomic E-state index is 0.167. The largest absolute Gasteiger partial charge is 0.300 e. The Morgan fingerprint density at radius 1 is 0.262 bits per heavy atom. The average molecular weight is 874 g/mol. The molecule has 0 aromatic heterocycles. The van der Waals surface area contributed by atoms with Gasteiger partial charge in [-0.05, 0) is 35.5 Å². The second-order valence-electron chi connectivity index (χ2n) is 18.7. The van der Waals surface area contributed by atoms with E-state index in [1.807, 2.05) is 201 Å². The van der Waals surface area contributed by atoms with Crippen molar-refractivity contribution in [3.8, 4) is 0 Å². The molecule has 4 rings (SSSR count). The van der Waals surface area contributed by atoms with Crippen LogP contribution in [0.5, 0.6) is 0 Å². The van der Waals surface area contributed by atoms with Crippen LogP contribution in [0.25, 0.3) is 0 Å². The Morgan fingerprint density at radius 2 is 0.279 bits per heavy atom. The van der Waals surface area contributed by atoms with Crippen LogP contribution in [0, 0.1) is 21.7 Å². The summed E-state index contributed by atoms with van der Waals surface area (Å²) < 4.78 is 19.3. The van der Waals surface area contributed by atoms with Crippen LogP contribution in [0.3, 0.4) is 0 Å². The molecule has 0 radical (unpaired) electrons. The Hall–Kier alpha value is -3.50. The van der Waals surface area contributed by atoms with Crippen molar-refractivity contribution in [2.75, 3.05) is 12.5 Å². The maximum atomic E-state index is 9.63. The molecule has 3 nitrogen and oxygen atoms in total. The van der Waals surface area contributed by atoms with E-state index in [0.29, 0.717) is 21.7 Å². The summed E-state index contributed by atoms with van der Waals surface area (Å²) in [7, 11) is -2.67. The van der Waals surface area contributed by atoms with E-state index in [2.05, 4.69) is 111 Å². The van der Waals surface area contributed by atoms with Crippen LogP contribution in [0.1, 0.15) is 180 Å². The monoisotopic (exact) mass is 873 g/mol. The molecule has 0 spiro atoms. The third kappa shape index (κ3) is 399. The summed E-state index contributed by atoms with van der Waals surface area (Å²) in [5, 5.41) is 0. The van der Waals surface area contributed by atoms with Crippen molar-refractivity contribution >= 4 is 15.6 Å². The van der Waals surface area contributed by atoms with Gasteiger partial charge in [0, 0.05) is 12.5 Å². The van der Waals surface area contributed by atoms with E-state index in [1.54, 1.807) is 0 Å². The van der Waals surface area contributed by atoms with Crippen molar-refractivity contribution < 1.29 is 13.2 Å². The summed E-state index contributed by atoms with van der Waals surface area (Å²) in [5.41, 5.74) is 2.00. The van der Waals surface area contributed by atoms with Crippen LogP contribution in [-0.4, -0.2) is 26.7 Å². The number of sulfone groups is 1. The molecule has 4 aromatic carbocycles. The van der Waals surface area contributed by atoms with E-state index >= 15 is 0 Å². The lowest BCUT2D eigenvalue weighted by Gasteiger charge is -2.05. The zero-order chi connectivity index (χ0) is 51.0. The Kier molecular flexibility index (Phi) is 81.1. The quantitative estimate of drug-likeness (QED) is 0.177. The summed E-state index contributed by atoms with van der Waals surface area (Å²) in [5.74, 6) is 0.167. The molecular formula is C57H108O3S. The molecule has 0 aliphatic rings. The highest BCUT2D eigenvalue weighted by Gasteiger charge is 1.97. The molecule has 360 valence electrons. The molecule has 0 N–H and O–H groups in total. The van der Waals surface area contributed by atoms with E-state index < -0.39 is 9.84 Å². The molecule has 61 heavy (non-hydrogen) atoms. The van der Waals surface area contributed by atoms with Gasteiger partial charge in [-0.15, -0.1) is 0 Å². The highest BCUT2D eigenvalue weighted by molar-refractivity contribution is 7.89.